The quantitative estimate of drug-likeness (QED) is 0.489. The minimum absolute atomic E-state index is 0.0403. The van der Waals surface area contributed by atoms with Gasteiger partial charge in [-0.15, -0.1) is 0 Å². The maximum atomic E-state index is 10.8. The monoisotopic (exact) mass is 184 g/mol. The van der Waals surface area contributed by atoms with Crippen LogP contribution < -0.4 is 0 Å². The van der Waals surface area contributed by atoms with Gasteiger partial charge in [0, 0.05) is 6.08 Å². The van der Waals surface area contributed by atoms with E-state index in [1.807, 2.05) is 0 Å². The van der Waals surface area contributed by atoms with Gasteiger partial charge in [0.15, 0.2) is 0 Å². The Bertz CT molecular complexity index is 204. The summed E-state index contributed by atoms with van der Waals surface area (Å²) in [5, 5.41) is 0. The van der Waals surface area contributed by atoms with E-state index >= 15 is 0 Å². The van der Waals surface area contributed by atoms with Crippen LogP contribution in [0.3, 0.4) is 0 Å². The molecule has 1 fully saturated rings. The van der Waals surface area contributed by atoms with E-state index in [9.17, 15) is 4.79 Å². The van der Waals surface area contributed by atoms with Gasteiger partial charge in [-0.3, -0.25) is 0 Å². The van der Waals surface area contributed by atoms with Crippen molar-refractivity contribution >= 4 is 5.97 Å². The highest BCUT2D eigenvalue weighted by atomic mass is 16.5. The average Bonchev–Trinajstić information content (AvgIpc) is 2.01. The van der Waals surface area contributed by atoms with E-state index < -0.39 is 0 Å². The molecule has 0 N–H and O–H groups in total. The third kappa shape index (κ3) is 2.10. The smallest absolute Gasteiger partial charge is 0.330 e. The van der Waals surface area contributed by atoms with E-state index in [4.69, 9.17) is 9.47 Å². The molecular formula is C10H16O3. The summed E-state index contributed by atoms with van der Waals surface area (Å²) in [6.07, 6.45) is 1.19. The normalized spacial score (nSPS) is 19.3. The maximum absolute atomic E-state index is 10.8. The molecule has 0 atom stereocenters. The second-order valence-corrected chi connectivity index (χ2v) is 3.82. The standard InChI is InChI=1S/C10H16O3/c1-4-9(11)13-7-10(8(2)3)5-12-6-10/h4,8H,1,5-7H2,2-3H3. The number of ether oxygens (including phenoxy) is 2. The Morgan fingerprint density at radius 2 is 2.31 bits per heavy atom. The SMILES string of the molecule is C=CC(=O)OCC1(C(C)C)COC1. The van der Waals surface area contributed by atoms with Crippen molar-refractivity contribution in [1.82, 2.24) is 0 Å². The van der Waals surface area contributed by atoms with Crippen LogP contribution >= 0.6 is 0 Å². The molecule has 3 nitrogen and oxygen atoms in total. The van der Waals surface area contributed by atoms with Gasteiger partial charge in [-0.25, -0.2) is 4.79 Å². The largest absolute Gasteiger partial charge is 0.462 e. The van der Waals surface area contributed by atoms with Gasteiger partial charge in [0.1, 0.15) is 6.61 Å². The van der Waals surface area contributed by atoms with E-state index in [2.05, 4.69) is 20.4 Å². The Kier molecular flexibility index (Phi) is 3.09. The zero-order valence-electron chi connectivity index (χ0n) is 8.21. The van der Waals surface area contributed by atoms with Crippen LogP contribution in [0, 0.1) is 11.3 Å². The molecule has 0 radical (unpaired) electrons. The Hall–Kier alpha value is -0.830. The molecular weight excluding hydrogens is 168 g/mol. The highest BCUT2D eigenvalue weighted by Crippen LogP contribution is 2.35. The predicted octanol–water partition coefficient (Wildman–Crippen LogP) is 1.39. The summed E-state index contributed by atoms with van der Waals surface area (Å²) < 4.78 is 10.2. The van der Waals surface area contributed by atoms with Crippen LogP contribution in [0.2, 0.25) is 0 Å². The first kappa shape index (κ1) is 10.3. The molecule has 0 aromatic rings. The molecule has 1 heterocycles. The highest BCUT2D eigenvalue weighted by molar-refractivity contribution is 5.81. The summed E-state index contributed by atoms with van der Waals surface area (Å²) in [6, 6.07) is 0. The molecule has 1 aliphatic rings. The molecule has 13 heavy (non-hydrogen) atoms. The van der Waals surface area contributed by atoms with Gasteiger partial charge in [-0.05, 0) is 5.92 Å². The summed E-state index contributed by atoms with van der Waals surface area (Å²) in [4.78, 5) is 10.8. The fourth-order valence-corrected chi connectivity index (χ4v) is 1.22. The maximum Gasteiger partial charge on any atom is 0.330 e. The molecule has 1 rings (SSSR count). The molecule has 74 valence electrons. The molecule has 0 unspecified atom stereocenters. The van der Waals surface area contributed by atoms with Crippen LogP contribution in [-0.2, 0) is 14.3 Å². The predicted molar refractivity (Wildman–Crippen MR) is 49.2 cm³/mol. The number of rotatable bonds is 4. The van der Waals surface area contributed by atoms with E-state index in [1.54, 1.807) is 0 Å². The van der Waals surface area contributed by atoms with Crippen molar-refractivity contribution in [3.63, 3.8) is 0 Å². The number of carbonyl (C=O) groups is 1. The van der Waals surface area contributed by atoms with Gasteiger partial charge in [-0.1, -0.05) is 20.4 Å². The third-order valence-corrected chi connectivity index (χ3v) is 2.67. The average molecular weight is 184 g/mol. The Morgan fingerprint density at radius 3 is 2.62 bits per heavy atom. The molecule has 0 bridgehead atoms. The lowest BCUT2D eigenvalue weighted by Gasteiger charge is -2.43. The van der Waals surface area contributed by atoms with E-state index in [1.165, 1.54) is 6.08 Å². The van der Waals surface area contributed by atoms with Crippen molar-refractivity contribution < 1.29 is 14.3 Å². The summed E-state index contributed by atoms with van der Waals surface area (Å²) >= 11 is 0. The van der Waals surface area contributed by atoms with Gasteiger partial charge < -0.3 is 9.47 Å². The zero-order valence-corrected chi connectivity index (χ0v) is 8.21. The molecule has 3 heteroatoms. The van der Waals surface area contributed by atoms with Crippen LogP contribution in [0.1, 0.15) is 13.8 Å². The van der Waals surface area contributed by atoms with Crippen molar-refractivity contribution in [3.05, 3.63) is 12.7 Å². The first-order valence-corrected chi connectivity index (χ1v) is 4.48. The number of esters is 1. The molecule has 1 saturated heterocycles. The van der Waals surface area contributed by atoms with Gasteiger partial charge >= 0.3 is 5.97 Å². The van der Waals surface area contributed by atoms with Crippen LogP contribution in [0.15, 0.2) is 12.7 Å². The number of hydrogen-bond acceptors (Lipinski definition) is 3. The van der Waals surface area contributed by atoms with Crippen molar-refractivity contribution in [1.29, 1.82) is 0 Å². The molecule has 1 aliphatic heterocycles. The fourth-order valence-electron chi connectivity index (χ4n) is 1.22. The lowest BCUT2D eigenvalue weighted by atomic mass is 9.76. The lowest BCUT2D eigenvalue weighted by molar-refractivity contribution is -0.179. The van der Waals surface area contributed by atoms with Gasteiger partial charge in [0.2, 0.25) is 0 Å². The Morgan fingerprint density at radius 1 is 1.69 bits per heavy atom. The summed E-state index contributed by atoms with van der Waals surface area (Å²) in [5.41, 5.74) is 0.0403. The van der Waals surface area contributed by atoms with Crippen molar-refractivity contribution in [3.8, 4) is 0 Å². The third-order valence-electron chi connectivity index (χ3n) is 2.67. The van der Waals surface area contributed by atoms with Crippen LogP contribution in [-0.4, -0.2) is 25.8 Å². The van der Waals surface area contributed by atoms with Crippen LogP contribution in [0.25, 0.3) is 0 Å². The first-order valence-electron chi connectivity index (χ1n) is 4.48. The summed E-state index contributed by atoms with van der Waals surface area (Å²) in [6.45, 7) is 9.39. The van der Waals surface area contributed by atoms with Gasteiger partial charge in [0.05, 0.1) is 18.6 Å². The molecule has 0 saturated carbocycles. The minimum atomic E-state index is -0.355. The van der Waals surface area contributed by atoms with Crippen molar-refractivity contribution in [2.45, 2.75) is 13.8 Å². The molecule has 0 aromatic heterocycles. The number of carbonyl (C=O) groups excluding carboxylic acids is 1. The van der Waals surface area contributed by atoms with Gasteiger partial charge in [-0.2, -0.15) is 0 Å². The molecule has 0 aliphatic carbocycles. The fraction of sp³-hybridized carbons (Fsp3) is 0.700. The van der Waals surface area contributed by atoms with Crippen LogP contribution in [0.5, 0.6) is 0 Å². The van der Waals surface area contributed by atoms with E-state index in [0.717, 1.165) is 0 Å². The Labute approximate surface area is 78.7 Å². The minimum Gasteiger partial charge on any atom is -0.462 e. The number of hydrogen-bond donors (Lipinski definition) is 0. The zero-order chi connectivity index (χ0) is 9.90. The van der Waals surface area contributed by atoms with E-state index in [-0.39, 0.29) is 11.4 Å². The lowest BCUT2D eigenvalue weighted by Crippen LogP contribution is -2.50. The topological polar surface area (TPSA) is 35.5 Å². The summed E-state index contributed by atoms with van der Waals surface area (Å²) in [5.74, 6) is 0.116. The van der Waals surface area contributed by atoms with Crippen LogP contribution in [0.4, 0.5) is 0 Å². The van der Waals surface area contributed by atoms with E-state index in [0.29, 0.717) is 25.7 Å². The Balaban J connectivity index is 2.40. The van der Waals surface area contributed by atoms with Gasteiger partial charge in [0.25, 0.3) is 0 Å². The highest BCUT2D eigenvalue weighted by Gasteiger charge is 2.42. The van der Waals surface area contributed by atoms with Crippen molar-refractivity contribution in [2.75, 3.05) is 19.8 Å². The molecule has 0 aromatic carbocycles. The first-order chi connectivity index (χ1) is 6.10. The molecule has 0 amide bonds. The second kappa shape index (κ2) is 3.92. The van der Waals surface area contributed by atoms with Crippen molar-refractivity contribution in [2.24, 2.45) is 11.3 Å². The second-order valence-electron chi connectivity index (χ2n) is 3.82. The summed E-state index contributed by atoms with van der Waals surface area (Å²) in [7, 11) is 0. The molecule has 0 spiro atoms.